The number of likely N-dealkylation sites (N-methyl/N-ethyl adjacent to an activating group) is 1. The van der Waals surface area contributed by atoms with Crippen molar-refractivity contribution in [1.82, 2.24) is 10.8 Å². The fourth-order valence-corrected chi connectivity index (χ4v) is 0.458. The van der Waals surface area contributed by atoms with Gasteiger partial charge in [-0.2, -0.15) is 5.48 Å². The van der Waals surface area contributed by atoms with Crippen LogP contribution in [0.3, 0.4) is 0 Å². The first-order chi connectivity index (χ1) is 4.04. The summed E-state index contributed by atoms with van der Waals surface area (Å²) in [7, 11) is 1.86. The highest BCUT2D eigenvalue weighted by Crippen LogP contribution is 2.05. The summed E-state index contributed by atoms with van der Waals surface area (Å²) in [5.74, 6) is 0. The molecule has 0 aliphatic rings. The molecule has 0 rings (SSSR count). The van der Waals surface area contributed by atoms with E-state index in [1.165, 1.54) is 0 Å². The lowest BCUT2D eigenvalue weighted by molar-refractivity contribution is 0.0632. The first-order valence-electron chi connectivity index (χ1n) is 3.13. The summed E-state index contributed by atoms with van der Waals surface area (Å²) in [6, 6.07) is 0.252. The van der Waals surface area contributed by atoms with Crippen LogP contribution >= 0.6 is 0 Å². The van der Waals surface area contributed by atoms with Crippen LogP contribution in [0.25, 0.3) is 0 Å². The van der Waals surface area contributed by atoms with Crippen molar-refractivity contribution in [3.05, 3.63) is 0 Å². The molecule has 9 heavy (non-hydrogen) atoms. The van der Waals surface area contributed by atoms with Gasteiger partial charge in [-0.15, -0.1) is 0 Å². The van der Waals surface area contributed by atoms with Crippen LogP contribution in [-0.4, -0.2) is 23.8 Å². The summed E-state index contributed by atoms with van der Waals surface area (Å²) in [6.07, 6.45) is 0. The molecular formula is C6H16N2O. The minimum atomic E-state index is -0.255. The normalized spacial score (nSPS) is 15.7. The second kappa shape index (κ2) is 3.15. The van der Waals surface area contributed by atoms with E-state index in [0.717, 1.165) is 0 Å². The second-order valence-electron chi connectivity index (χ2n) is 2.84. The predicted molar refractivity (Wildman–Crippen MR) is 37.5 cm³/mol. The predicted octanol–water partition coefficient (Wildman–Crippen LogP) is 0.352. The van der Waals surface area contributed by atoms with E-state index < -0.39 is 0 Å². The third-order valence-corrected chi connectivity index (χ3v) is 1.80. The lowest BCUT2D eigenvalue weighted by atomic mass is 9.98. The number of rotatable bonds is 3. The fourth-order valence-electron chi connectivity index (χ4n) is 0.458. The van der Waals surface area contributed by atoms with E-state index in [-0.39, 0.29) is 11.6 Å². The van der Waals surface area contributed by atoms with Crippen molar-refractivity contribution >= 4 is 0 Å². The summed E-state index contributed by atoms with van der Waals surface area (Å²) in [6.45, 7) is 5.85. The van der Waals surface area contributed by atoms with E-state index in [2.05, 4.69) is 10.8 Å². The molecule has 0 aliphatic carbocycles. The standard InChI is InChI=1S/C6H16N2O/c1-5(7-4)6(2,3)8-9/h5,7-9H,1-4H3. The minimum absolute atomic E-state index is 0.252. The van der Waals surface area contributed by atoms with Gasteiger partial charge in [-0.1, -0.05) is 0 Å². The van der Waals surface area contributed by atoms with E-state index in [9.17, 15) is 0 Å². The Bertz CT molecular complexity index is 83.1. The number of hydroxylamine groups is 1. The van der Waals surface area contributed by atoms with Gasteiger partial charge in [0, 0.05) is 6.04 Å². The molecule has 0 aliphatic heterocycles. The van der Waals surface area contributed by atoms with Gasteiger partial charge >= 0.3 is 0 Å². The molecule has 0 amide bonds. The molecule has 3 nitrogen and oxygen atoms in total. The van der Waals surface area contributed by atoms with Crippen LogP contribution in [0.4, 0.5) is 0 Å². The minimum Gasteiger partial charge on any atom is -0.316 e. The molecule has 1 unspecified atom stereocenters. The molecule has 0 aromatic rings. The Morgan fingerprint density at radius 2 is 1.89 bits per heavy atom. The first kappa shape index (κ1) is 8.88. The van der Waals surface area contributed by atoms with Crippen molar-refractivity contribution in [3.8, 4) is 0 Å². The van der Waals surface area contributed by atoms with Gasteiger partial charge < -0.3 is 10.5 Å². The smallest absolute Gasteiger partial charge is 0.0523 e. The molecule has 0 aromatic heterocycles. The van der Waals surface area contributed by atoms with Crippen LogP contribution in [0.15, 0.2) is 0 Å². The van der Waals surface area contributed by atoms with Crippen LogP contribution < -0.4 is 10.8 Å². The maximum atomic E-state index is 8.61. The van der Waals surface area contributed by atoms with E-state index in [1.54, 1.807) is 0 Å². The first-order valence-corrected chi connectivity index (χ1v) is 3.13. The van der Waals surface area contributed by atoms with Gasteiger partial charge in [0.1, 0.15) is 0 Å². The van der Waals surface area contributed by atoms with Crippen molar-refractivity contribution < 1.29 is 5.21 Å². The molecule has 0 saturated carbocycles. The third kappa shape index (κ3) is 2.30. The molecule has 0 aromatic carbocycles. The monoisotopic (exact) mass is 132 g/mol. The highest BCUT2D eigenvalue weighted by atomic mass is 16.5. The zero-order valence-electron chi connectivity index (χ0n) is 6.52. The Kier molecular flexibility index (Phi) is 3.11. The van der Waals surface area contributed by atoms with Gasteiger partial charge in [0.2, 0.25) is 0 Å². The highest BCUT2D eigenvalue weighted by molar-refractivity contribution is 4.83. The van der Waals surface area contributed by atoms with E-state index >= 15 is 0 Å². The van der Waals surface area contributed by atoms with E-state index in [1.807, 2.05) is 27.8 Å². The molecule has 3 N–H and O–H groups in total. The van der Waals surface area contributed by atoms with Gasteiger partial charge in [0.25, 0.3) is 0 Å². The molecule has 0 heterocycles. The molecule has 0 bridgehead atoms. The third-order valence-electron chi connectivity index (χ3n) is 1.80. The Morgan fingerprint density at radius 1 is 1.44 bits per heavy atom. The van der Waals surface area contributed by atoms with Crippen LogP contribution in [-0.2, 0) is 0 Å². The Labute approximate surface area is 56.4 Å². The van der Waals surface area contributed by atoms with E-state index in [4.69, 9.17) is 5.21 Å². The van der Waals surface area contributed by atoms with Crippen LogP contribution in [0.1, 0.15) is 20.8 Å². The summed E-state index contributed by atoms with van der Waals surface area (Å²) < 4.78 is 0. The molecule has 0 radical (unpaired) electrons. The quantitative estimate of drug-likeness (QED) is 0.485. The number of hydrogen-bond donors (Lipinski definition) is 3. The Balaban J connectivity index is 3.80. The molecule has 0 fully saturated rings. The average molecular weight is 132 g/mol. The Hall–Kier alpha value is -0.120. The maximum Gasteiger partial charge on any atom is 0.0523 e. The molecule has 0 saturated heterocycles. The van der Waals surface area contributed by atoms with Crippen molar-refractivity contribution in [2.75, 3.05) is 7.05 Å². The molecule has 3 heteroatoms. The second-order valence-corrected chi connectivity index (χ2v) is 2.84. The number of nitrogens with one attached hydrogen (secondary N) is 2. The van der Waals surface area contributed by atoms with Crippen molar-refractivity contribution in [1.29, 1.82) is 0 Å². The van der Waals surface area contributed by atoms with Crippen molar-refractivity contribution in [2.45, 2.75) is 32.4 Å². The van der Waals surface area contributed by atoms with Crippen molar-refractivity contribution in [3.63, 3.8) is 0 Å². The fraction of sp³-hybridized carbons (Fsp3) is 1.00. The maximum absolute atomic E-state index is 8.61. The van der Waals surface area contributed by atoms with Gasteiger partial charge in [-0.25, -0.2) is 0 Å². The van der Waals surface area contributed by atoms with E-state index in [0.29, 0.717) is 0 Å². The van der Waals surface area contributed by atoms with Crippen LogP contribution in [0, 0.1) is 0 Å². The summed E-state index contributed by atoms with van der Waals surface area (Å²) in [5.41, 5.74) is 1.97. The summed E-state index contributed by atoms with van der Waals surface area (Å²) in [5, 5.41) is 11.6. The summed E-state index contributed by atoms with van der Waals surface area (Å²) in [4.78, 5) is 0. The zero-order valence-corrected chi connectivity index (χ0v) is 6.52. The van der Waals surface area contributed by atoms with Crippen molar-refractivity contribution in [2.24, 2.45) is 0 Å². The van der Waals surface area contributed by atoms with Gasteiger partial charge in [-0.3, -0.25) is 0 Å². The zero-order chi connectivity index (χ0) is 7.49. The summed E-state index contributed by atoms with van der Waals surface area (Å²) >= 11 is 0. The van der Waals surface area contributed by atoms with Gasteiger partial charge in [0.15, 0.2) is 0 Å². The molecule has 56 valence electrons. The lowest BCUT2D eigenvalue weighted by Crippen LogP contribution is -2.52. The topological polar surface area (TPSA) is 44.3 Å². The largest absolute Gasteiger partial charge is 0.316 e. The van der Waals surface area contributed by atoms with Crippen LogP contribution in [0.2, 0.25) is 0 Å². The van der Waals surface area contributed by atoms with Crippen LogP contribution in [0.5, 0.6) is 0 Å². The molecule has 1 atom stereocenters. The highest BCUT2D eigenvalue weighted by Gasteiger charge is 2.22. The SMILES string of the molecule is CNC(C)C(C)(C)NO. The van der Waals surface area contributed by atoms with Gasteiger partial charge in [-0.05, 0) is 27.8 Å². The Morgan fingerprint density at radius 3 is 2.00 bits per heavy atom. The molecule has 0 spiro atoms. The average Bonchev–Trinajstić information content (AvgIpc) is 1.86. The lowest BCUT2D eigenvalue weighted by Gasteiger charge is -2.29. The van der Waals surface area contributed by atoms with Gasteiger partial charge in [0.05, 0.1) is 5.54 Å². The molecular weight excluding hydrogens is 116 g/mol. The number of hydrogen-bond acceptors (Lipinski definition) is 3.